The second-order valence-electron chi connectivity index (χ2n) is 30.8. The Labute approximate surface area is 666 Å². The molecule has 0 radical (unpaired) electrons. The fourth-order valence-electron chi connectivity index (χ4n) is 19.3. The number of hydrogen-bond acceptors (Lipinski definition) is 1. The number of para-hydroxylation sites is 1. The van der Waals surface area contributed by atoms with E-state index in [9.17, 15) is 0 Å². The lowest BCUT2D eigenvalue weighted by atomic mass is 9.84. The van der Waals surface area contributed by atoms with Crippen molar-refractivity contribution in [3.05, 3.63) is 457 Å². The normalized spacial score (nSPS) is 13.6. The van der Waals surface area contributed by atoms with Crippen LogP contribution in [0.3, 0.4) is 0 Å². The second kappa shape index (κ2) is 26.8. The molecule has 2 unspecified atom stereocenters. The van der Waals surface area contributed by atoms with E-state index in [4.69, 9.17) is 0 Å². The molecule has 0 fully saturated rings. The Balaban J connectivity index is 0.000000135. The van der Waals surface area contributed by atoms with Crippen molar-refractivity contribution in [2.75, 3.05) is 0 Å². The van der Waals surface area contributed by atoms with Gasteiger partial charge in [0.25, 0.3) is 0 Å². The summed E-state index contributed by atoms with van der Waals surface area (Å²) in [4.78, 5) is 0. The topological polar surface area (TPSA) is 9.86 Å². The predicted molar refractivity (Wildman–Crippen MR) is 481 cm³/mol. The van der Waals surface area contributed by atoms with E-state index in [-0.39, 0.29) is 11.8 Å². The van der Waals surface area contributed by atoms with E-state index in [1.165, 1.54) is 208 Å². The summed E-state index contributed by atoms with van der Waals surface area (Å²) in [5, 5.41) is 7.67. The van der Waals surface area contributed by atoms with Crippen molar-refractivity contribution in [2.45, 2.75) is 18.3 Å². The largest absolute Gasteiger partial charge is 0.309 e. The molecule has 0 saturated heterocycles. The fraction of sp³-hybridized carbons (Fsp3) is 0.0270. The molecule has 3 aliphatic carbocycles. The molecule has 2 atom stereocenters. The van der Waals surface area contributed by atoms with Crippen molar-refractivity contribution in [3.8, 4) is 112 Å². The molecule has 3 heterocycles. The van der Waals surface area contributed by atoms with Gasteiger partial charge in [-0.25, -0.2) is 0 Å². The minimum Gasteiger partial charge on any atom is -0.309 e. The molecule has 21 aromatic rings. The maximum absolute atomic E-state index is 2.49. The lowest BCUT2D eigenvalue weighted by Crippen LogP contribution is -2.03. The van der Waals surface area contributed by atoms with Gasteiger partial charge < -0.3 is 9.13 Å². The van der Waals surface area contributed by atoms with Crippen LogP contribution in [0.1, 0.15) is 56.3 Å². The van der Waals surface area contributed by atoms with Crippen LogP contribution in [-0.4, -0.2) is 9.13 Å². The molecule has 0 spiro atoms. The van der Waals surface area contributed by atoms with Crippen molar-refractivity contribution in [3.63, 3.8) is 0 Å². The maximum Gasteiger partial charge on any atom is 0.0634 e. The molecule has 0 aliphatic heterocycles. The van der Waals surface area contributed by atoms with Gasteiger partial charge in [-0.15, -0.1) is 11.3 Å². The van der Waals surface area contributed by atoms with Gasteiger partial charge >= 0.3 is 0 Å². The highest BCUT2D eigenvalue weighted by Gasteiger charge is 2.37. The van der Waals surface area contributed by atoms with Gasteiger partial charge in [-0.3, -0.25) is 0 Å². The van der Waals surface area contributed by atoms with Crippen LogP contribution in [0.4, 0.5) is 0 Å². The number of nitrogens with zero attached hydrogens (tertiary/aromatic N) is 2. The van der Waals surface area contributed by atoms with Gasteiger partial charge in [-0.05, 0) is 230 Å². The zero-order chi connectivity index (χ0) is 74.9. The van der Waals surface area contributed by atoms with E-state index in [1.807, 2.05) is 11.3 Å². The average Bonchev–Trinajstić information content (AvgIpc) is 1.55. The van der Waals surface area contributed by atoms with E-state index < -0.39 is 0 Å². The van der Waals surface area contributed by atoms with Crippen LogP contribution in [-0.2, 0) is 6.42 Å². The molecule has 2 nitrogen and oxygen atoms in total. The van der Waals surface area contributed by atoms with Crippen molar-refractivity contribution in [2.24, 2.45) is 0 Å². The first-order valence-corrected chi connectivity index (χ1v) is 40.5. The Morgan fingerprint density at radius 2 is 0.640 bits per heavy atom. The smallest absolute Gasteiger partial charge is 0.0634 e. The van der Waals surface area contributed by atoms with Gasteiger partial charge in [0.15, 0.2) is 0 Å². The fourth-order valence-corrected chi connectivity index (χ4v) is 20.4. The van der Waals surface area contributed by atoms with E-state index in [1.54, 1.807) is 0 Å². The van der Waals surface area contributed by atoms with Crippen molar-refractivity contribution >= 4 is 75.1 Å². The van der Waals surface area contributed by atoms with Crippen molar-refractivity contribution in [1.29, 1.82) is 0 Å². The highest BCUT2D eigenvalue weighted by atomic mass is 32.1. The summed E-state index contributed by atoms with van der Waals surface area (Å²) < 4.78 is 7.52. The van der Waals surface area contributed by atoms with Crippen molar-refractivity contribution < 1.29 is 0 Å². The number of fused-ring (bicyclic) bond motifs is 20. The predicted octanol–water partition coefficient (Wildman–Crippen LogP) is 29.8. The second-order valence-corrected chi connectivity index (χ2v) is 31.9. The van der Waals surface area contributed by atoms with Crippen LogP contribution in [0.2, 0.25) is 0 Å². The van der Waals surface area contributed by atoms with Crippen LogP contribution < -0.4 is 0 Å². The van der Waals surface area contributed by atoms with E-state index in [2.05, 4.69) is 422 Å². The van der Waals surface area contributed by atoms with Gasteiger partial charge in [0, 0.05) is 64.9 Å². The van der Waals surface area contributed by atoms with Gasteiger partial charge in [0.1, 0.15) is 0 Å². The summed E-state index contributed by atoms with van der Waals surface area (Å²) in [5.41, 5.74) is 41.5. The average molecular weight is 1470 g/mol. The van der Waals surface area contributed by atoms with Crippen LogP contribution in [0.5, 0.6) is 0 Å². The molecule has 18 aromatic carbocycles. The Morgan fingerprint density at radius 3 is 1.25 bits per heavy atom. The number of aromatic nitrogens is 2. The Morgan fingerprint density at radius 1 is 0.228 bits per heavy atom. The van der Waals surface area contributed by atoms with Crippen LogP contribution >= 0.6 is 11.3 Å². The molecule has 0 amide bonds. The first kappa shape index (κ1) is 65.6. The zero-order valence-corrected chi connectivity index (χ0v) is 63.2. The van der Waals surface area contributed by atoms with Gasteiger partial charge in [-0.2, -0.15) is 0 Å². The third-order valence-electron chi connectivity index (χ3n) is 24.7. The van der Waals surface area contributed by atoms with E-state index in [0.29, 0.717) is 0 Å². The molecule has 3 heteroatoms. The van der Waals surface area contributed by atoms with Crippen LogP contribution in [0.15, 0.2) is 413 Å². The number of hydrogen-bond donors (Lipinski definition) is 0. The van der Waals surface area contributed by atoms with E-state index >= 15 is 0 Å². The molecule has 24 rings (SSSR count). The summed E-state index contributed by atoms with van der Waals surface area (Å²) in [6.45, 7) is 0. The summed E-state index contributed by atoms with van der Waals surface area (Å²) >= 11 is 1.88. The Bertz CT molecular complexity index is 7370. The summed E-state index contributed by atoms with van der Waals surface area (Å²) in [5.74, 6) is 0.390. The lowest BCUT2D eigenvalue weighted by Gasteiger charge is -2.18. The Kier molecular flexibility index (Phi) is 15.4. The molecule has 0 N–H and O–H groups in total. The first-order chi connectivity index (χ1) is 56.5. The summed E-state index contributed by atoms with van der Waals surface area (Å²) in [7, 11) is 0. The van der Waals surface area contributed by atoms with Crippen molar-refractivity contribution in [1.82, 2.24) is 9.13 Å². The number of thiophene rings is 1. The van der Waals surface area contributed by atoms with Crippen LogP contribution in [0.25, 0.3) is 175 Å². The minimum atomic E-state index is 0.180. The lowest BCUT2D eigenvalue weighted by molar-refractivity contribution is 0.990. The quantitative estimate of drug-likeness (QED) is 0.129. The molecule has 3 aliphatic rings. The molecule has 0 bridgehead atoms. The molecular weight excluding hydrogens is 1390 g/mol. The van der Waals surface area contributed by atoms with Gasteiger partial charge in [-0.1, -0.05) is 334 Å². The third kappa shape index (κ3) is 10.8. The molecule has 114 heavy (non-hydrogen) atoms. The zero-order valence-electron chi connectivity index (χ0n) is 62.4. The van der Waals surface area contributed by atoms with E-state index in [0.717, 1.165) is 17.8 Å². The number of benzene rings is 18. The summed E-state index contributed by atoms with van der Waals surface area (Å²) in [6.07, 6.45) is 0.981. The highest BCUT2D eigenvalue weighted by molar-refractivity contribution is 7.26. The molecular formula is C111H72N2S. The highest BCUT2D eigenvalue weighted by Crippen LogP contribution is 2.56. The molecule has 532 valence electrons. The van der Waals surface area contributed by atoms with Gasteiger partial charge in [0.05, 0.1) is 22.1 Å². The monoisotopic (exact) mass is 1460 g/mol. The SMILES string of the molecule is c1ccc(-c2ccc(-n3c4ccccc4c4cc(-c5ccc6c(c5)c5ccc7sc8ccccc8c7c5n6-c5ccc(-c6ccccc6)cc5)ccc43)cc2)cc1.c1ccc(-c2ccc(C3c4ccccc4-c4cc(-c5ccc6c(c5)-c5ccc7c(c5C6c5ccc(-c6ccccc6)cc5)Cc5ccccc5-7)ccc43)cc2)cc1. The maximum atomic E-state index is 2.49. The third-order valence-corrected chi connectivity index (χ3v) is 25.8. The molecule has 0 saturated carbocycles. The Hall–Kier alpha value is -14.2. The standard InChI is InChI=1S/C57H38.C54H34N2S/c1-3-11-36(12-4-1)38-19-23-40(24-20-38)55-48-18-10-9-17-46(48)52-33-42(27-29-49(52)55)43-28-30-50-53(34-43)51-32-31-47-45-16-8-7-15-44(45)35-54(47)57(51)56(50)41-25-21-39(22-26-41)37-13-5-2-6-14-37;1-3-11-35(12-4-1)37-19-25-41(26-20-37)55-48-17-9-7-15-43(48)46-33-39(23-30-49(46)55)40-24-31-50-47(34-40)44-29-32-52-53(45-16-8-10-18-51(45)57-52)54(44)56(50)42-27-21-38(22-28-42)36-13-5-2-6-14-36/h1-34,55-56H,35H2;1-34H. The van der Waals surface area contributed by atoms with Crippen LogP contribution in [0, 0.1) is 0 Å². The van der Waals surface area contributed by atoms with Gasteiger partial charge in [0.2, 0.25) is 0 Å². The molecule has 3 aromatic heterocycles. The first-order valence-electron chi connectivity index (χ1n) is 39.7. The minimum absolute atomic E-state index is 0.180. The number of rotatable bonds is 10. The summed E-state index contributed by atoms with van der Waals surface area (Å²) in [6, 6.07) is 153.